The lowest BCUT2D eigenvalue weighted by atomic mass is 10.1. The number of aromatic hydroxyl groups is 1. The summed E-state index contributed by atoms with van der Waals surface area (Å²) >= 11 is 1.56. The van der Waals surface area contributed by atoms with E-state index in [-0.39, 0.29) is 12.5 Å². The van der Waals surface area contributed by atoms with E-state index in [0.29, 0.717) is 17.9 Å². The van der Waals surface area contributed by atoms with Crippen LogP contribution in [0.5, 0.6) is 17.2 Å². The van der Waals surface area contributed by atoms with Crippen molar-refractivity contribution in [2.45, 2.75) is 17.1 Å². The van der Waals surface area contributed by atoms with E-state index in [1.54, 1.807) is 17.8 Å². The van der Waals surface area contributed by atoms with Crippen LogP contribution in [0, 0.1) is 0 Å². The molecule has 2 aromatic carbocycles. The molecule has 1 N–H and O–H groups in total. The SMILES string of the molecule is C=CCc1cc2c(c(SCc3ccccc3)c1O)OCO2. The predicted octanol–water partition coefficient (Wildman–Crippen LogP) is 4.14. The van der Waals surface area contributed by atoms with E-state index in [4.69, 9.17) is 9.47 Å². The Labute approximate surface area is 128 Å². The van der Waals surface area contributed by atoms with E-state index in [9.17, 15) is 5.11 Å². The van der Waals surface area contributed by atoms with Crippen molar-refractivity contribution in [3.63, 3.8) is 0 Å². The Kier molecular flexibility index (Phi) is 4.06. The zero-order valence-electron chi connectivity index (χ0n) is 11.5. The van der Waals surface area contributed by atoms with Gasteiger partial charge in [0.15, 0.2) is 11.5 Å². The molecule has 0 bridgehead atoms. The molecule has 0 amide bonds. The summed E-state index contributed by atoms with van der Waals surface area (Å²) in [5.41, 5.74) is 2.01. The zero-order chi connectivity index (χ0) is 14.7. The van der Waals surface area contributed by atoms with Gasteiger partial charge in [-0.2, -0.15) is 0 Å². The van der Waals surface area contributed by atoms with Gasteiger partial charge in [-0.1, -0.05) is 36.4 Å². The quantitative estimate of drug-likeness (QED) is 0.665. The van der Waals surface area contributed by atoms with Crippen LogP contribution in [0.2, 0.25) is 0 Å². The Hall–Kier alpha value is -2.07. The van der Waals surface area contributed by atoms with Crippen LogP contribution in [-0.2, 0) is 12.2 Å². The molecule has 0 spiro atoms. The monoisotopic (exact) mass is 300 g/mol. The first-order chi connectivity index (χ1) is 10.3. The van der Waals surface area contributed by atoms with Crippen LogP contribution in [-0.4, -0.2) is 11.9 Å². The second-order valence-electron chi connectivity index (χ2n) is 4.71. The van der Waals surface area contributed by atoms with Crippen LogP contribution in [0.4, 0.5) is 0 Å². The van der Waals surface area contributed by atoms with Crippen molar-refractivity contribution in [1.82, 2.24) is 0 Å². The maximum absolute atomic E-state index is 10.5. The molecule has 1 heterocycles. The fraction of sp³-hybridized carbons (Fsp3) is 0.176. The standard InChI is InChI=1S/C17H16O3S/c1-2-6-13-9-14-16(20-11-19-14)17(15(13)18)21-10-12-7-4-3-5-8-12/h2-5,7-9,18H,1,6,10-11H2. The third-order valence-corrected chi connectivity index (χ3v) is 4.41. The van der Waals surface area contributed by atoms with E-state index in [1.165, 1.54) is 5.56 Å². The van der Waals surface area contributed by atoms with E-state index in [0.717, 1.165) is 16.2 Å². The van der Waals surface area contributed by atoms with Crippen LogP contribution in [0.25, 0.3) is 0 Å². The molecular weight excluding hydrogens is 284 g/mol. The Morgan fingerprint density at radius 1 is 1.24 bits per heavy atom. The number of phenols is 1. The number of hydrogen-bond acceptors (Lipinski definition) is 4. The topological polar surface area (TPSA) is 38.7 Å². The molecule has 0 fully saturated rings. The number of benzene rings is 2. The Bertz CT molecular complexity index is 653. The third-order valence-electron chi connectivity index (χ3n) is 3.26. The van der Waals surface area contributed by atoms with Gasteiger partial charge in [-0.05, 0) is 18.1 Å². The second-order valence-corrected chi connectivity index (χ2v) is 5.70. The van der Waals surface area contributed by atoms with Crippen molar-refractivity contribution in [1.29, 1.82) is 0 Å². The average Bonchev–Trinajstić information content (AvgIpc) is 2.96. The molecule has 1 aliphatic rings. The maximum atomic E-state index is 10.5. The van der Waals surface area contributed by atoms with Gasteiger partial charge in [-0.15, -0.1) is 18.3 Å². The minimum Gasteiger partial charge on any atom is -0.506 e. The van der Waals surface area contributed by atoms with Crippen LogP contribution in [0.3, 0.4) is 0 Å². The molecule has 0 saturated heterocycles. The van der Waals surface area contributed by atoms with Gasteiger partial charge in [-0.3, -0.25) is 0 Å². The van der Waals surface area contributed by atoms with E-state index >= 15 is 0 Å². The first-order valence-corrected chi connectivity index (χ1v) is 7.70. The van der Waals surface area contributed by atoms with Gasteiger partial charge in [0, 0.05) is 11.3 Å². The smallest absolute Gasteiger partial charge is 0.231 e. The van der Waals surface area contributed by atoms with Crippen LogP contribution in [0.1, 0.15) is 11.1 Å². The van der Waals surface area contributed by atoms with Crippen molar-refractivity contribution in [2.24, 2.45) is 0 Å². The largest absolute Gasteiger partial charge is 0.506 e. The summed E-state index contributed by atoms with van der Waals surface area (Å²) in [5, 5.41) is 10.5. The lowest BCUT2D eigenvalue weighted by molar-refractivity contribution is 0.172. The van der Waals surface area contributed by atoms with Gasteiger partial charge in [0.25, 0.3) is 0 Å². The maximum Gasteiger partial charge on any atom is 0.231 e. The summed E-state index contributed by atoms with van der Waals surface area (Å²) in [7, 11) is 0. The summed E-state index contributed by atoms with van der Waals surface area (Å²) in [6, 6.07) is 12.0. The molecule has 0 aliphatic carbocycles. The molecule has 2 aromatic rings. The molecular formula is C17H16O3S. The Morgan fingerprint density at radius 3 is 2.81 bits per heavy atom. The van der Waals surface area contributed by atoms with E-state index in [1.807, 2.05) is 24.3 Å². The van der Waals surface area contributed by atoms with Crippen molar-refractivity contribution < 1.29 is 14.6 Å². The van der Waals surface area contributed by atoms with Gasteiger partial charge in [0.05, 0.1) is 4.90 Å². The lowest BCUT2D eigenvalue weighted by Crippen LogP contribution is -1.93. The fourth-order valence-electron chi connectivity index (χ4n) is 2.23. The number of ether oxygens (including phenoxy) is 2. The van der Waals surface area contributed by atoms with Crippen molar-refractivity contribution >= 4 is 11.8 Å². The summed E-state index contributed by atoms with van der Waals surface area (Å²) in [5.74, 6) is 2.36. The molecule has 21 heavy (non-hydrogen) atoms. The Morgan fingerprint density at radius 2 is 2.05 bits per heavy atom. The van der Waals surface area contributed by atoms with Crippen LogP contribution in [0.15, 0.2) is 53.9 Å². The zero-order valence-corrected chi connectivity index (χ0v) is 12.4. The van der Waals surface area contributed by atoms with Crippen molar-refractivity contribution in [3.05, 3.63) is 60.2 Å². The molecule has 0 aromatic heterocycles. The molecule has 3 nitrogen and oxygen atoms in total. The van der Waals surface area contributed by atoms with E-state index < -0.39 is 0 Å². The minimum atomic E-state index is 0.200. The summed E-state index contributed by atoms with van der Waals surface area (Å²) < 4.78 is 11.0. The normalized spacial score (nSPS) is 12.4. The number of phenolic OH excluding ortho intramolecular Hbond substituents is 1. The highest BCUT2D eigenvalue weighted by atomic mass is 32.2. The molecule has 108 valence electrons. The molecule has 1 aliphatic heterocycles. The molecule has 0 radical (unpaired) electrons. The average molecular weight is 300 g/mol. The first kappa shape index (κ1) is 13.9. The first-order valence-electron chi connectivity index (χ1n) is 6.71. The highest BCUT2D eigenvalue weighted by molar-refractivity contribution is 7.98. The molecule has 4 heteroatoms. The summed E-state index contributed by atoms with van der Waals surface area (Å²) in [6.45, 7) is 3.92. The number of rotatable bonds is 5. The summed E-state index contributed by atoms with van der Waals surface area (Å²) in [6.07, 6.45) is 2.37. The van der Waals surface area contributed by atoms with Crippen molar-refractivity contribution in [2.75, 3.05) is 6.79 Å². The number of fused-ring (bicyclic) bond motifs is 1. The number of allylic oxidation sites excluding steroid dienone is 1. The van der Waals surface area contributed by atoms with Gasteiger partial charge in [0.2, 0.25) is 6.79 Å². The fourth-order valence-corrected chi connectivity index (χ4v) is 3.29. The van der Waals surface area contributed by atoms with E-state index in [2.05, 4.69) is 18.7 Å². The van der Waals surface area contributed by atoms with Gasteiger partial charge >= 0.3 is 0 Å². The highest BCUT2D eigenvalue weighted by Gasteiger charge is 2.24. The molecule has 0 atom stereocenters. The molecule has 0 unspecified atom stereocenters. The van der Waals surface area contributed by atoms with Crippen LogP contribution >= 0.6 is 11.8 Å². The Balaban J connectivity index is 1.91. The third kappa shape index (κ3) is 2.85. The number of hydrogen-bond donors (Lipinski definition) is 1. The molecule has 3 rings (SSSR count). The summed E-state index contributed by atoms with van der Waals surface area (Å²) in [4.78, 5) is 0.741. The van der Waals surface area contributed by atoms with Gasteiger partial charge in [0.1, 0.15) is 5.75 Å². The second kappa shape index (κ2) is 6.14. The number of thioether (sulfide) groups is 1. The predicted molar refractivity (Wildman–Crippen MR) is 84.1 cm³/mol. The van der Waals surface area contributed by atoms with Crippen molar-refractivity contribution in [3.8, 4) is 17.2 Å². The van der Waals surface area contributed by atoms with Gasteiger partial charge < -0.3 is 14.6 Å². The molecule has 0 saturated carbocycles. The van der Waals surface area contributed by atoms with Crippen LogP contribution < -0.4 is 9.47 Å². The minimum absolute atomic E-state index is 0.200. The lowest BCUT2D eigenvalue weighted by Gasteiger charge is -2.11. The highest BCUT2D eigenvalue weighted by Crippen LogP contribution is 2.49. The van der Waals surface area contributed by atoms with Gasteiger partial charge in [-0.25, -0.2) is 0 Å².